The van der Waals surface area contributed by atoms with E-state index < -0.39 is 22.7 Å². The number of carbonyl (C=O) groups is 1. The highest BCUT2D eigenvalue weighted by molar-refractivity contribution is 5.90. The minimum Gasteiger partial charge on any atom is -0.368 e. The molecule has 0 spiro atoms. The standard InChI is InChI=1S/C8H9N3O/c1-7(2)5(3-9)8(7,4-10)6(11)12/h5H,1-2H3,(H2,11,12)/t5-,8-/m0/s1. The number of nitriles is 2. The molecule has 1 amide bonds. The molecule has 1 saturated carbocycles. The van der Waals surface area contributed by atoms with Crippen LogP contribution in [0.5, 0.6) is 0 Å². The Balaban J connectivity index is 3.15. The Morgan fingerprint density at radius 2 is 2.00 bits per heavy atom. The molecule has 1 aliphatic carbocycles. The zero-order chi connectivity index (χ0) is 9.57. The summed E-state index contributed by atoms with van der Waals surface area (Å²) in [5.41, 5.74) is 3.22. The van der Waals surface area contributed by atoms with Crippen LogP contribution < -0.4 is 5.73 Å². The van der Waals surface area contributed by atoms with Crippen molar-refractivity contribution >= 4 is 5.91 Å². The van der Waals surface area contributed by atoms with Gasteiger partial charge in [0.1, 0.15) is 0 Å². The normalized spacial score (nSPS) is 36.2. The second-order valence-corrected chi connectivity index (χ2v) is 3.57. The van der Waals surface area contributed by atoms with Crippen molar-refractivity contribution in [1.82, 2.24) is 0 Å². The Bertz CT molecular complexity index is 320. The molecule has 0 aromatic carbocycles. The molecule has 0 heterocycles. The lowest BCUT2D eigenvalue weighted by atomic mass is 9.97. The van der Waals surface area contributed by atoms with Gasteiger partial charge in [0.2, 0.25) is 5.91 Å². The predicted octanol–water partition coefficient (Wildman–Crippen LogP) is 0.161. The minimum absolute atomic E-state index is 0.563. The van der Waals surface area contributed by atoms with Gasteiger partial charge in [-0.2, -0.15) is 10.5 Å². The van der Waals surface area contributed by atoms with E-state index in [-0.39, 0.29) is 0 Å². The number of nitrogens with zero attached hydrogens (tertiary/aromatic N) is 2. The highest BCUT2D eigenvalue weighted by Crippen LogP contribution is 2.67. The maximum atomic E-state index is 10.9. The monoisotopic (exact) mass is 163 g/mol. The van der Waals surface area contributed by atoms with Crippen LogP contribution in [0.25, 0.3) is 0 Å². The summed E-state index contributed by atoms with van der Waals surface area (Å²) < 4.78 is 0. The summed E-state index contributed by atoms with van der Waals surface area (Å²) in [5.74, 6) is -1.26. The number of rotatable bonds is 1. The molecule has 4 nitrogen and oxygen atoms in total. The van der Waals surface area contributed by atoms with E-state index in [1.807, 2.05) is 12.1 Å². The molecular weight excluding hydrogens is 154 g/mol. The lowest BCUT2D eigenvalue weighted by molar-refractivity contribution is -0.122. The zero-order valence-corrected chi connectivity index (χ0v) is 6.96. The summed E-state index contributed by atoms with van der Waals surface area (Å²) in [5, 5.41) is 17.4. The zero-order valence-electron chi connectivity index (χ0n) is 6.96. The van der Waals surface area contributed by atoms with Crippen LogP contribution in [0.2, 0.25) is 0 Å². The third-order valence-electron chi connectivity index (χ3n) is 2.78. The molecule has 0 radical (unpaired) electrons. The van der Waals surface area contributed by atoms with E-state index in [0.717, 1.165) is 0 Å². The molecule has 0 aliphatic heterocycles. The minimum atomic E-state index is -1.26. The second kappa shape index (κ2) is 1.98. The smallest absolute Gasteiger partial charge is 0.239 e. The van der Waals surface area contributed by atoms with Crippen molar-refractivity contribution in [2.45, 2.75) is 13.8 Å². The van der Waals surface area contributed by atoms with Crippen LogP contribution in [-0.2, 0) is 4.79 Å². The molecule has 0 unspecified atom stereocenters. The number of hydrogen-bond donors (Lipinski definition) is 1. The van der Waals surface area contributed by atoms with E-state index >= 15 is 0 Å². The first-order chi connectivity index (χ1) is 5.45. The molecule has 12 heavy (non-hydrogen) atoms. The molecule has 0 bridgehead atoms. The molecular formula is C8H9N3O. The molecule has 62 valence electrons. The number of nitrogens with two attached hydrogens (primary N) is 1. The Morgan fingerprint density at radius 3 is 2.08 bits per heavy atom. The van der Waals surface area contributed by atoms with Gasteiger partial charge in [-0.15, -0.1) is 0 Å². The third kappa shape index (κ3) is 0.579. The fourth-order valence-electron chi connectivity index (χ4n) is 1.75. The SMILES string of the molecule is CC1(C)[C@H](C#N)[C@@]1(C#N)C(N)=O. The van der Waals surface area contributed by atoms with E-state index in [4.69, 9.17) is 16.3 Å². The lowest BCUT2D eigenvalue weighted by Crippen LogP contribution is -2.28. The fourth-order valence-corrected chi connectivity index (χ4v) is 1.75. The Morgan fingerprint density at radius 1 is 1.50 bits per heavy atom. The van der Waals surface area contributed by atoms with Crippen molar-refractivity contribution < 1.29 is 4.79 Å². The van der Waals surface area contributed by atoms with Gasteiger partial charge in [-0.1, -0.05) is 13.8 Å². The Kier molecular flexibility index (Phi) is 1.41. The van der Waals surface area contributed by atoms with Gasteiger partial charge in [-0.05, 0) is 0 Å². The van der Waals surface area contributed by atoms with Gasteiger partial charge in [0.25, 0.3) is 0 Å². The van der Waals surface area contributed by atoms with Crippen LogP contribution in [0.1, 0.15) is 13.8 Å². The molecule has 2 atom stereocenters. The van der Waals surface area contributed by atoms with Crippen molar-refractivity contribution in [2.75, 3.05) is 0 Å². The van der Waals surface area contributed by atoms with E-state index in [2.05, 4.69) is 0 Å². The van der Waals surface area contributed by atoms with Crippen LogP contribution >= 0.6 is 0 Å². The summed E-state index contributed by atoms with van der Waals surface area (Å²) in [7, 11) is 0. The van der Waals surface area contributed by atoms with Crippen molar-refractivity contribution in [3.63, 3.8) is 0 Å². The number of amides is 1. The Hall–Kier alpha value is -1.55. The summed E-state index contributed by atoms with van der Waals surface area (Å²) in [4.78, 5) is 10.9. The van der Waals surface area contributed by atoms with Crippen LogP contribution in [0.3, 0.4) is 0 Å². The molecule has 4 heteroatoms. The number of primary amides is 1. The van der Waals surface area contributed by atoms with E-state index in [0.29, 0.717) is 0 Å². The largest absolute Gasteiger partial charge is 0.368 e. The van der Waals surface area contributed by atoms with Gasteiger partial charge in [0.15, 0.2) is 5.41 Å². The first-order valence-corrected chi connectivity index (χ1v) is 3.56. The number of carbonyl (C=O) groups excluding carboxylic acids is 1. The van der Waals surface area contributed by atoms with Gasteiger partial charge in [0, 0.05) is 5.41 Å². The van der Waals surface area contributed by atoms with Crippen LogP contribution in [-0.4, -0.2) is 5.91 Å². The van der Waals surface area contributed by atoms with Crippen molar-refractivity contribution in [1.29, 1.82) is 10.5 Å². The average molecular weight is 163 g/mol. The van der Waals surface area contributed by atoms with Crippen molar-refractivity contribution in [3.05, 3.63) is 0 Å². The maximum absolute atomic E-state index is 10.9. The number of hydrogen-bond acceptors (Lipinski definition) is 3. The van der Waals surface area contributed by atoms with E-state index in [9.17, 15) is 4.79 Å². The molecule has 0 aromatic heterocycles. The molecule has 1 fully saturated rings. The van der Waals surface area contributed by atoms with Gasteiger partial charge in [-0.25, -0.2) is 0 Å². The first kappa shape index (κ1) is 8.55. The second-order valence-electron chi connectivity index (χ2n) is 3.57. The average Bonchev–Trinajstić information content (AvgIpc) is 2.47. The van der Waals surface area contributed by atoms with Crippen molar-refractivity contribution in [2.24, 2.45) is 22.5 Å². The highest BCUT2D eigenvalue weighted by Gasteiger charge is 2.77. The van der Waals surface area contributed by atoms with Gasteiger partial charge in [-0.3, -0.25) is 4.79 Å². The van der Waals surface area contributed by atoms with Crippen LogP contribution in [0.4, 0.5) is 0 Å². The topological polar surface area (TPSA) is 90.7 Å². The molecule has 1 rings (SSSR count). The third-order valence-corrected chi connectivity index (χ3v) is 2.78. The lowest BCUT2D eigenvalue weighted by Gasteiger charge is -2.04. The summed E-state index contributed by atoms with van der Waals surface area (Å²) in [6.07, 6.45) is 0. The first-order valence-electron chi connectivity index (χ1n) is 3.56. The van der Waals surface area contributed by atoms with Gasteiger partial charge < -0.3 is 5.73 Å². The van der Waals surface area contributed by atoms with E-state index in [1.165, 1.54) is 0 Å². The molecule has 2 N–H and O–H groups in total. The maximum Gasteiger partial charge on any atom is 0.239 e. The van der Waals surface area contributed by atoms with Gasteiger partial charge >= 0.3 is 0 Å². The summed E-state index contributed by atoms with van der Waals surface area (Å²) >= 11 is 0. The van der Waals surface area contributed by atoms with Crippen molar-refractivity contribution in [3.8, 4) is 12.1 Å². The van der Waals surface area contributed by atoms with Crippen LogP contribution in [0, 0.1) is 39.4 Å². The Labute approximate surface area is 70.6 Å². The predicted molar refractivity (Wildman–Crippen MR) is 40.1 cm³/mol. The van der Waals surface area contributed by atoms with Crippen LogP contribution in [0.15, 0.2) is 0 Å². The molecule has 1 aliphatic rings. The summed E-state index contributed by atoms with van der Waals surface area (Å²) in [6, 6.07) is 3.78. The quantitative estimate of drug-likeness (QED) is 0.596. The molecule has 0 aromatic rings. The fraction of sp³-hybridized carbons (Fsp3) is 0.625. The highest BCUT2D eigenvalue weighted by atomic mass is 16.1. The molecule has 0 saturated heterocycles. The van der Waals surface area contributed by atoms with E-state index in [1.54, 1.807) is 13.8 Å². The van der Waals surface area contributed by atoms with Gasteiger partial charge in [0.05, 0.1) is 18.1 Å². The summed E-state index contributed by atoms with van der Waals surface area (Å²) in [6.45, 7) is 3.41.